The third-order valence-corrected chi connectivity index (χ3v) is 6.24. The molecule has 0 aliphatic heterocycles. The van der Waals surface area contributed by atoms with Crippen LogP contribution in [-0.2, 0) is 22.3 Å². The average molecular weight is 580 g/mol. The van der Waals surface area contributed by atoms with Crippen LogP contribution in [0.5, 0.6) is 11.5 Å². The molecule has 0 fully saturated rings. The molecule has 2 aromatic carbocycles. The molecule has 1 amide bonds. The first kappa shape index (κ1) is 30.7. The molecule has 0 atom stereocenters. The number of hydrogen-bond donors (Lipinski definition) is 1. The van der Waals surface area contributed by atoms with E-state index in [9.17, 15) is 22.8 Å². The van der Waals surface area contributed by atoms with Crippen LogP contribution in [0, 0.1) is 0 Å². The van der Waals surface area contributed by atoms with E-state index in [4.69, 9.17) is 31.5 Å². The number of para-hydroxylation sites is 2. The molecule has 0 aliphatic carbocycles. The summed E-state index contributed by atoms with van der Waals surface area (Å²) in [7, 11) is 3.02. The first-order chi connectivity index (χ1) is 19.0. The van der Waals surface area contributed by atoms with Gasteiger partial charge in [0, 0.05) is 43.4 Å². The van der Waals surface area contributed by atoms with E-state index in [0.717, 1.165) is 12.3 Å². The Morgan fingerprint density at radius 1 is 1.10 bits per heavy atom. The smallest absolute Gasteiger partial charge is 0.433 e. The summed E-state index contributed by atoms with van der Waals surface area (Å²) in [5, 5.41) is 0.105. The first-order valence-electron chi connectivity index (χ1n) is 12.3. The van der Waals surface area contributed by atoms with Crippen molar-refractivity contribution in [1.29, 1.82) is 0 Å². The van der Waals surface area contributed by atoms with Crippen LogP contribution in [0.4, 0.5) is 18.9 Å². The van der Waals surface area contributed by atoms with Gasteiger partial charge in [-0.1, -0.05) is 23.7 Å². The second-order valence-corrected chi connectivity index (χ2v) is 8.96. The van der Waals surface area contributed by atoms with Crippen molar-refractivity contribution in [2.45, 2.75) is 32.5 Å². The largest absolute Gasteiger partial charge is 0.495 e. The lowest BCUT2D eigenvalue weighted by molar-refractivity contribution is -0.143. The molecule has 214 valence electrons. The van der Waals surface area contributed by atoms with Gasteiger partial charge in [-0.25, -0.2) is 0 Å². The SMILES string of the molecule is CCOC(=O)CCCOc1cc(Cl)c(-c2cnc(C(F)(F)F)cc2CN)cc1C(=O)N(C)c1ccccc1OC. The number of methoxy groups -OCH3 is 1. The molecule has 1 aromatic heterocycles. The van der Waals surface area contributed by atoms with E-state index in [1.165, 1.54) is 24.1 Å². The number of alkyl halides is 3. The number of ether oxygens (including phenoxy) is 3. The Balaban J connectivity index is 2.07. The van der Waals surface area contributed by atoms with E-state index >= 15 is 0 Å². The number of carbonyl (C=O) groups excluding carboxylic acids is 2. The molecule has 3 rings (SSSR count). The van der Waals surface area contributed by atoms with Gasteiger partial charge in [0.2, 0.25) is 0 Å². The van der Waals surface area contributed by atoms with Crippen LogP contribution in [0.15, 0.2) is 48.7 Å². The van der Waals surface area contributed by atoms with Gasteiger partial charge in [0.15, 0.2) is 0 Å². The quantitative estimate of drug-likeness (QED) is 0.223. The highest BCUT2D eigenvalue weighted by atomic mass is 35.5. The number of anilines is 1. The minimum Gasteiger partial charge on any atom is -0.495 e. The van der Waals surface area contributed by atoms with Gasteiger partial charge in [-0.3, -0.25) is 14.6 Å². The molecular weight excluding hydrogens is 551 g/mol. The van der Waals surface area contributed by atoms with Crippen LogP contribution in [0.2, 0.25) is 5.02 Å². The number of esters is 1. The maximum Gasteiger partial charge on any atom is 0.433 e. The maximum atomic E-state index is 13.8. The molecule has 12 heteroatoms. The van der Waals surface area contributed by atoms with Crippen LogP contribution in [0.1, 0.15) is 41.4 Å². The highest BCUT2D eigenvalue weighted by molar-refractivity contribution is 6.34. The van der Waals surface area contributed by atoms with Crippen molar-refractivity contribution in [3.05, 3.63) is 70.5 Å². The fourth-order valence-corrected chi connectivity index (χ4v) is 4.20. The standard InChI is InChI=1S/C28H29ClF3N3O5/c1-4-39-26(36)10-7-11-40-24-14-21(29)18(20-16-34-25(28(30,31)32)12-17(20)15-33)13-19(24)27(37)35(2)22-8-5-6-9-23(22)38-3/h5-6,8-9,12-14,16H,4,7,10-11,15,33H2,1-3H3. The molecule has 0 spiro atoms. The molecule has 8 nitrogen and oxygen atoms in total. The number of aromatic nitrogens is 1. The molecule has 0 radical (unpaired) electrons. The molecule has 0 saturated carbocycles. The highest BCUT2D eigenvalue weighted by Gasteiger charge is 2.33. The van der Waals surface area contributed by atoms with Crippen LogP contribution < -0.4 is 20.1 Å². The number of nitrogens with two attached hydrogens (primary N) is 1. The molecule has 0 unspecified atom stereocenters. The number of nitrogens with zero attached hydrogens (tertiary/aromatic N) is 2. The fraction of sp³-hybridized carbons (Fsp3) is 0.321. The zero-order valence-corrected chi connectivity index (χ0v) is 22.9. The Morgan fingerprint density at radius 2 is 1.82 bits per heavy atom. The minimum atomic E-state index is -4.66. The number of halogens is 4. The third kappa shape index (κ3) is 7.22. The van der Waals surface area contributed by atoms with Crippen molar-refractivity contribution in [3.63, 3.8) is 0 Å². The summed E-state index contributed by atoms with van der Waals surface area (Å²) in [6.45, 7) is 1.81. The molecule has 2 N–H and O–H groups in total. The van der Waals surface area contributed by atoms with Gasteiger partial charge in [-0.2, -0.15) is 13.2 Å². The summed E-state index contributed by atoms with van der Waals surface area (Å²) in [4.78, 5) is 30.4. The van der Waals surface area contributed by atoms with Crippen LogP contribution in [0.3, 0.4) is 0 Å². The summed E-state index contributed by atoms with van der Waals surface area (Å²) in [5.74, 6) is -0.312. The Labute approximate surface area is 234 Å². The second-order valence-electron chi connectivity index (χ2n) is 8.55. The van der Waals surface area contributed by atoms with Crippen molar-refractivity contribution >= 4 is 29.2 Å². The van der Waals surface area contributed by atoms with E-state index in [2.05, 4.69) is 4.98 Å². The van der Waals surface area contributed by atoms with Crippen molar-refractivity contribution in [3.8, 4) is 22.6 Å². The summed E-state index contributed by atoms with van der Waals surface area (Å²) in [5.41, 5.74) is 5.85. The van der Waals surface area contributed by atoms with E-state index in [1.54, 1.807) is 38.2 Å². The lowest BCUT2D eigenvalue weighted by Crippen LogP contribution is -2.27. The molecule has 40 heavy (non-hydrogen) atoms. The van der Waals surface area contributed by atoms with E-state index in [0.29, 0.717) is 17.9 Å². The first-order valence-corrected chi connectivity index (χ1v) is 12.7. The summed E-state index contributed by atoms with van der Waals surface area (Å²) >= 11 is 6.56. The van der Waals surface area contributed by atoms with Gasteiger partial charge < -0.3 is 24.8 Å². The fourth-order valence-electron chi connectivity index (χ4n) is 3.94. The number of rotatable bonds is 11. The molecule has 0 bridgehead atoms. The van der Waals surface area contributed by atoms with E-state index < -0.39 is 17.8 Å². The van der Waals surface area contributed by atoms with Gasteiger partial charge in [-0.15, -0.1) is 0 Å². The molecule has 3 aromatic rings. The summed E-state index contributed by atoms with van der Waals surface area (Å²) in [6.07, 6.45) is -3.20. The Bertz CT molecular complexity index is 1370. The lowest BCUT2D eigenvalue weighted by Gasteiger charge is -2.22. The number of amides is 1. The molecular formula is C28H29ClF3N3O5. The van der Waals surface area contributed by atoms with Crippen molar-refractivity contribution in [2.24, 2.45) is 5.73 Å². The maximum absolute atomic E-state index is 13.8. The zero-order chi connectivity index (χ0) is 29.4. The predicted octanol–water partition coefficient (Wildman–Crippen LogP) is 5.89. The summed E-state index contributed by atoms with van der Waals surface area (Å²) < 4.78 is 55.9. The Kier molecular flexibility index (Phi) is 10.4. The van der Waals surface area contributed by atoms with Gasteiger partial charge in [-0.05, 0) is 43.2 Å². The topological polar surface area (TPSA) is 104 Å². The summed E-state index contributed by atoms with van der Waals surface area (Å²) in [6, 6.07) is 10.6. The number of pyridine rings is 1. The van der Waals surface area contributed by atoms with Crippen LogP contribution >= 0.6 is 11.6 Å². The van der Waals surface area contributed by atoms with Crippen LogP contribution in [-0.4, -0.2) is 44.2 Å². The molecule has 1 heterocycles. The van der Waals surface area contributed by atoms with Gasteiger partial charge in [0.1, 0.15) is 17.2 Å². The average Bonchev–Trinajstić information content (AvgIpc) is 2.94. The van der Waals surface area contributed by atoms with Gasteiger partial charge in [0.05, 0.1) is 36.6 Å². The third-order valence-electron chi connectivity index (χ3n) is 5.93. The highest BCUT2D eigenvalue weighted by Crippen LogP contribution is 2.39. The van der Waals surface area contributed by atoms with Crippen molar-refractivity contribution in [1.82, 2.24) is 4.98 Å². The monoisotopic (exact) mass is 579 g/mol. The Morgan fingerprint density at radius 3 is 2.48 bits per heavy atom. The normalized spacial score (nSPS) is 11.2. The van der Waals surface area contributed by atoms with Crippen molar-refractivity contribution < 1.29 is 37.0 Å². The van der Waals surface area contributed by atoms with Gasteiger partial charge >= 0.3 is 12.1 Å². The number of benzene rings is 2. The molecule has 0 saturated heterocycles. The number of hydrogen-bond acceptors (Lipinski definition) is 7. The second kappa shape index (κ2) is 13.5. The zero-order valence-electron chi connectivity index (χ0n) is 22.2. The lowest BCUT2D eigenvalue weighted by atomic mass is 9.98. The van der Waals surface area contributed by atoms with E-state index in [1.807, 2.05) is 0 Å². The number of carbonyl (C=O) groups is 2. The predicted molar refractivity (Wildman–Crippen MR) is 145 cm³/mol. The van der Waals surface area contributed by atoms with Crippen LogP contribution in [0.25, 0.3) is 11.1 Å². The minimum absolute atomic E-state index is 0.0724. The van der Waals surface area contributed by atoms with Gasteiger partial charge in [0.25, 0.3) is 5.91 Å². The molecule has 0 aliphatic rings. The van der Waals surface area contributed by atoms with E-state index in [-0.39, 0.29) is 65.2 Å². The van der Waals surface area contributed by atoms with Crippen molar-refractivity contribution in [2.75, 3.05) is 32.3 Å². The Hall–Kier alpha value is -3.83.